The monoisotopic (exact) mass is 366 g/mol. The molecular formula is C15H15BrN2O4. The van der Waals surface area contributed by atoms with Gasteiger partial charge in [0.05, 0.1) is 23.6 Å². The van der Waals surface area contributed by atoms with E-state index in [1.807, 2.05) is 12.1 Å². The first-order valence-corrected chi connectivity index (χ1v) is 7.23. The zero-order chi connectivity index (χ0) is 16.1. The lowest BCUT2D eigenvalue weighted by atomic mass is 10.2. The SMILES string of the molecule is COc1cc(CNc2ccc([N+](=O)[O-])cc2)cc(Br)c1OC. The predicted molar refractivity (Wildman–Crippen MR) is 87.7 cm³/mol. The Bertz CT molecular complexity index is 674. The molecule has 0 radical (unpaired) electrons. The second-order valence-corrected chi connectivity index (χ2v) is 5.33. The van der Waals surface area contributed by atoms with Gasteiger partial charge in [0.25, 0.3) is 5.69 Å². The average Bonchev–Trinajstić information content (AvgIpc) is 2.52. The Morgan fingerprint density at radius 2 is 1.86 bits per heavy atom. The molecule has 0 saturated carbocycles. The maximum absolute atomic E-state index is 10.6. The summed E-state index contributed by atoms with van der Waals surface area (Å²) in [6, 6.07) is 10.1. The smallest absolute Gasteiger partial charge is 0.269 e. The van der Waals surface area contributed by atoms with Crippen LogP contribution in [0.3, 0.4) is 0 Å². The molecule has 0 aliphatic heterocycles. The van der Waals surface area contributed by atoms with Crippen molar-refractivity contribution < 1.29 is 14.4 Å². The minimum Gasteiger partial charge on any atom is -0.493 e. The number of nitro benzene ring substituents is 1. The second-order valence-electron chi connectivity index (χ2n) is 4.47. The van der Waals surface area contributed by atoms with E-state index in [1.165, 1.54) is 12.1 Å². The van der Waals surface area contributed by atoms with Crippen LogP contribution in [0, 0.1) is 10.1 Å². The first-order valence-electron chi connectivity index (χ1n) is 6.44. The van der Waals surface area contributed by atoms with Gasteiger partial charge >= 0.3 is 0 Å². The van der Waals surface area contributed by atoms with Gasteiger partial charge in [0.1, 0.15) is 0 Å². The number of halogens is 1. The van der Waals surface area contributed by atoms with E-state index < -0.39 is 4.92 Å². The molecule has 0 amide bonds. The molecule has 1 N–H and O–H groups in total. The quantitative estimate of drug-likeness (QED) is 0.617. The molecule has 0 atom stereocenters. The van der Waals surface area contributed by atoms with Gasteiger partial charge in [-0.2, -0.15) is 0 Å². The number of hydrogen-bond acceptors (Lipinski definition) is 5. The third kappa shape index (κ3) is 3.67. The van der Waals surface area contributed by atoms with Crippen LogP contribution in [0.15, 0.2) is 40.9 Å². The molecule has 6 nitrogen and oxygen atoms in total. The molecule has 0 aliphatic carbocycles. The highest BCUT2D eigenvalue weighted by molar-refractivity contribution is 9.10. The van der Waals surface area contributed by atoms with Gasteiger partial charge in [-0.25, -0.2) is 0 Å². The highest BCUT2D eigenvalue weighted by Gasteiger charge is 2.10. The van der Waals surface area contributed by atoms with E-state index in [0.717, 1.165) is 15.7 Å². The van der Waals surface area contributed by atoms with Crippen molar-refractivity contribution in [1.82, 2.24) is 0 Å². The molecule has 0 unspecified atom stereocenters. The van der Waals surface area contributed by atoms with Crippen LogP contribution in [0.25, 0.3) is 0 Å². The Labute approximate surface area is 136 Å². The number of anilines is 1. The molecule has 0 saturated heterocycles. The van der Waals surface area contributed by atoms with Crippen molar-refractivity contribution in [3.05, 3.63) is 56.5 Å². The molecule has 2 aromatic carbocycles. The van der Waals surface area contributed by atoms with Gasteiger partial charge < -0.3 is 14.8 Å². The molecular weight excluding hydrogens is 352 g/mol. The summed E-state index contributed by atoms with van der Waals surface area (Å²) in [5, 5.41) is 13.8. The van der Waals surface area contributed by atoms with E-state index in [2.05, 4.69) is 21.2 Å². The van der Waals surface area contributed by atoms with Crippen molar-refractivity contribution in [2.24, 2.45) is 0 Å². The third-order valence-electron chi connectivity index (χ3n) is 3.07. The summed E-state index contributed by atoms with van der Waals surface area (Å²) in [6.45, 7) is 0.552. The van der Waals surface area contributed by atoms with Crippen molar-refractivity contribution in [3.8, 4) is 11.5 Å². The van der Waals surface area contributed by atoms with E-state index in [4.69, 9.17) is 9.47 Å². The summed E-state index contributed by atoms with van der Waals surface area (Å²) >= 11 is 3.44. The lowest BCUT2D eigenvalue weighted by Crippen LogP contribution is -2.01. The minimum atomic E-state index is -0.421. The zero-order valence-electron chi connectivity index (χ0n) is 12.1. The summed E-state index contributed by atoms with van der Waals surface area (Å²) in [5.41, 5.74) is 1.86. The van der Waals surface area contributed by atoms with Crippen LogP contribution in [-0.4, -0.2) is 19.1 Å². The van der Waals surface area contributed by atoms with Crippen LogP contribution in [0.5, 0.6) is 11.5 Å². The molecule has 0 bridgehead atoms. The molecule has 7 heteroatoms. The first kappa shape index (κ1) is 16.1. The van der Waals surface area contributed by atoms with E-state index in [-0.39, 0.29) is 5.69 Å². The highest BCUT2D eigenvalue weighted by Crippen LogP contribution is 2.36. The lowest BCUT2D eigenvalue weighted by Gasteiger charge is -2.13. The predicted octanol–water partition coefficient (Wildman–Crippen LogP) is 3.99. The molecule has 22 heavy (non-hydrogen) atoms. The van der Waals surface area contributed by atoms with Crippen LogP contribution >= 0.6 is 15.9 Å². The van der Waals surface area contributed by atoms with Crippen LogP contribution in [0.2, 0.25) is 0 Å². The molecule has 0 aliphatic rings. The number of rotatable bonds is 6. The minimum absolute atomic E-state index is 0.0689. The Balaban J connectivity index is 2.11. The molecule has 0 heterocycles. The van der Waals surface area contributed by atoms with Gasteiger partial charge in [0, 0.05) is 24.4 Å². The summed E-state index contributed by atoms with van der Waals surface area (Å²) < 4.78 is 11.4. The maximum Gasteiger partial charge on any atom is 0.269 e. The standard InChI is InChI=1S/C15H15BrN2O4/c1-21-14-8-10(7-13(16)15(14)22-2)9-17-11-3-5-12(6-4-11)18(19)20/h3-8,17H,9H2,1-2H3. The van der Waals surface area contributed by atoms with E-state index in [0.29, 0.717) is 18.0 Å². The van der Waals surface area contributed by atoms with Crippen LogP contribution in [0.1, 0.15) is 5.56 Å². The number of nitro groups is 1. The number of nitrogens with one attached hydrogen (secondary N) is 1. The molecule has 2 rings (SSSR count). The van der Waals surface area contributed by atoms with Crippen LogP contribution in [0.4, 0.5) is 11.4 Å². The summed E-state index contributed by atoms with van der Waals surface area (Å²) in [5.74, 6) is 1.28. The lowest BCUT2D eigenvalue weighted by molar-refractivity contribution is -0.384. The van der Waals surface area contributed by atoms with Gasteiger partial charge in [-0.15, -0.1) is 0 Å². The number of non-ortho nitro benzene ring substituents is 1. The van der Waals surface area contributed by atoms with Crippen LogP contribution in [-0.2, 0) is 6.54 Å². The topological polar surface area (TPSA) is 73.6 Å². The Hall–Kier alpha value is -2.28. The summed E-state index contributed by atoms with van der Waals surface area (Å²) in [4.78, 5) is 10.2. The molecule has 2 aromatic rings. The average molecular weight is 367 g/mol. The second kappa shape index (κ2) is 7.13. The third-order valence-corrected chi connectivity index (χ3v) is 3.66. The van der Waals surface area contributed by atoms with E-state index in [9.17, 15) is 10.1 Å². The molecule has 0 aromatic heterocycles. The van der Waals surface area contributed by atoms with Crippen molar-refractivity contribution in [2.75, 3.05) is 19.5 Å². The molecule has 0 spiro atoms. The number of nitrogens with zero attached hydrogens (tertiary/aromatic N) is 1. The summed E-state index contributed by atoms with van der Waals surface area (Å²) in [6.07, 6.45) is 0. The normalized spacial score (nSPS) is 10.1. The number of methoxy groups -OCH3 is 2. The molecule has 116 valence electrons. The van der Waals surface area contributed by atoms with Gasteiger partial charge in [-0.05, 0) is 45.8 Å². The van der Waals surface area contributed by atoms with Gasteiger partial charge in [-0.3, -0.25) is 10.1 Å². The van der Waals surface area contributed by atoms with E-state index in [1.54, 1.807) is 26.4 Å². The van der Waals surface area contributed by atoms with Crippen molar-refractivity contribution in [3.63, 3.8) is 0 Å². The summed E-state index contributed by atoms with van der Waals surface area (Å²) in [7, 11) is 3.16. The number of ether oxygens (including phenoxy) is 2. The van der Waals surface area contributed by atoms with Crippen molar-refractivity contribution >= 4 is 27.3 Å². The Morgan fingerprint density at radius 1 is 1.18 bits per heavy atom. The van der Waals surface area contributed by atoms with Gasteiger partial charge in [-0.1, -0.05) is 0 Å². The van der Waals surface area contributed by atoms with E-state index >= 15 is 0 Å². The fraction of sp³-hybridized carbons (Fsp3) is 0.200. The van der Waals surface area contributed by atoms with Crippen LogP contribution < -0.4 is 14.8 Å². The fourth-order valence-electron chi connectivity index (χ4n) is 1.98. The number of benzene rings is 2. The maximum atomic E-state index is 10.6. The highest BCUT2D eigenvalue weighted by atomic mass is 79.9. The Kier molecular flexibility index (Phi) is 5.21. The fourth-order valence-corrected chi connectivity index (χ4v) is 2.63. The van der Waals surface area contributed by atoms with Crippen molar-refractivity contribution in [1.29, 1.82) is 0 Å². The Morgan fingerprint density at radius 3 is 2.41 bits per heavy atom. The van der Waals surface area contributed by atoms with Gasteiger partial charge in [0.15, 0.2) is 11.5 Å². The largest absolute Gasteiger partial charge is 0.493 e. The zero-order valence-corrected chi connectivity index (χ0v) is 13.7. The van der Waals surface area contributed by atoms with Gasteiger partial charge in [0.2, 0.25) is 0 Å². The molecule has 0 fully saturated rings. The number of hydrogen-bond donors (Lipinski definition) is 1. The first-order chi connectivity index (χ1) is 10.5. The van der Waals surface area contributed by atoms with Crippen molar-refractivity contribution in [2.45, 2.75) is 6.54 Å².